The van der Waals surface area contributed by atoms with Gasteiger partial charge in [0.05, 0.1) is 7.11 Å². The summed E-state index contributed by atoms with van der Waals surface area (Å²) in [5, 5.41) is 7.05. The first-order valence-electron chi connectivity index (χ1n) is 12.8. The molecule has 9 nitrogen and oxygen atoms in total. The van der Waals surface area contributed by atoms with Gasteiger partial charge in [-0.15, -0.1) is 10.2 Å². The topological polar surface area (TPSA) is 97.6 Å². The largest absolute Gasteiger partial charge is 0.467 e. The van der Waals surface area contributed by atoms with Crippen molar-refractivity contribution in [3.05, 3.63) is 78.1 Å². The molecule has 2 atom stereocenters. The molecule has 0 aliphatic carbocycles. The number of carbonyl (C=O) groups is 1. The predicted molar refractivity (Wildman–Crippen MR) is 140 cm³/mol. The SMILES string of the molecule is COC(=O)C1(n2cnnc2)CCN(c2ccc(C(C)N3CCCC(c4ccccc4)S3(=O)=O)c(F)c2)CC1. The van der Waals surface area contributed by atoms with Crippen molar-refractivity contribution in [3.8, 4) is 0 Å². The van der Waals surface area contributed by atoms with Gasteiger partial charge in [0.2, 0.25) is 10.0 Å². The van der Waals surface area contributed by atoms with Crippen molar-refractivity contribution in [3.63, 3.8) is 0 Å². The summed E-state index contributed by atoms with van der Waals surface area (Å²) in [6.45, 7) is 3.11. The van der Waals surface area contributed by atoms with Crippen molar-refractivity contribution in [2.24, 2.45) is 0 Å². The number of rotatable bonds is 6. The highest BCUT2D eigenvalue weighted by atomic mass is 32.2. The minimum atomic E-state index is -3.66. The maximum absolute atomic E-state index is 15.5. The summed E-state index contributed by atoms with van der Waals surface area (Å²) < 4.78 is 50.8. The quantitative estimate of drug-likeness (QED) is 0.438. The van der Waals surface area contributed by atoms with Gasteiger partial charge in [-0.3, -0.25) is 0 Å². The fraction of sp³-hybridized carbons (Fsp3) is 0.444. The molecule has 202 valence electrons. The highest BCUT2D eigenvalue weighted by Crippen LogP contribution is 2.40. The normalized spacial score (nSPS) is 22.1. The molecule has 2 aromatic carbocycles. The van der Waals surface area contributed by atoms with E-state index in [0.717, 1.165) is 5.56 Å². The Morgan fingerprint density at radius 1 is 1.08 bits per heavy atom. The van der Waals surface area contributed by atoms with E-state index in [-0.39, 0.29) is 5.97 Å². The van der Waals surface area contributed by atoms with Gasteiger partial charge in [-0.05, 0) is 50.3 Å². The second-order valence-electron chi connectivity index (χ2n) is 9.96. The van der Waals surface area contributed by atoms with Gasteiger partial charge in [0.15, 0.2) is 0 Å². The van der Waals surface area contributed by atoms with Crippen LogP contribution in [0.4, 0.5) is 10.1 Å². The number of hydrogen-bond acceptors (Lipinski definition) is 7. The zero-order valence-electron chi connectivity index (χ0n) is 21.5. The van der Waals surface area contributed by atoms with Crippen LogP contribution < -0.4 is 4.90 Å². The lowest BCUT2D eigenvalue weighted by Gasteiger charge is -2.41. The monoisotopic (exact) mass is 541 g/mol. The molecule has 2 aliphatic heterocycles. The zero-order valence-corrected chi connectivity index (χ0v) is 22.3. The minimum absolute atomic E-state index is 0.344. The number of esters is 1. The molecule has 0 amide bonds. The zero-order chi connectivity index (χ0) is 26.9. The van der Waals surface area contributed by atoms with Crippen LogP contribution in [0.5, 0.6) is 0 Å². The number of carbonyl (C=O) groups excluding carboxylic acids is 1. The molecular weight excluding hydrogens is 509 g/mol. The molecular formula is C27H32FN5O4S. The molecule has 0 spiro atoms. The highest BCUT2D eigenvalue weighted by molar-refractivity contribution is 7.89. The maximum Gasteiger partial charge on any atom is 0.332 e. The van der Waals surface area contributed by atoms with Gasteiger partial charge in [-0.25, -0.2) is 17.6 Å². The van der Waals surface area contributed by atoms with Crippen molar-refractivity contribution in [2.45, 2.75) is 49.4 Å². The summed E-state index contributed by atoms with van der Waals surface area (Å²) in [5.41, 5.74) is 0.889. The second-order valence-corrected chi connectivity index (χ2v) is 12.0. The Kier molecular flexibility index (Phi) is 7.23. The number of sulfonamides is 1. The van der Waals surface area contributed by atoms with Gasteiger partial charge in [0.25, 0.3) is 0 Å². The van der Waals surface area contributed by atoms with Gasteiger partial charge in [0.1, 0.15) is 29.3 Å². The molecule has 2 saturated heterocycles. The molecule has 3 aromatic rings. The molecule has 0 bridgehead atoms. The number of anilines is 1. The fourth-order valence-electron chi connectivity index (χ4n) is 5.81. The summed E-state index contributed by atoms with van der Waals surface area (Å²) in [4.78, 5) is 14.7. The summed E-state index contributed by atoms with van der Waals surface area (Å²) in [5.74, 6) is -0.806. The van der Waals surface area contributed by atoms with Crippen LogP contribution in [-0.4, -0.2) is 60.2 Å². The van der Waals surface area contributed by atoms with E-state index < -0.39 is 32.7 Å². The summed E-state index contributed by atoms with van der Waals surface area (Å²) in [6.07, 6.45) is 5.19. The summed E-state index contributed by atoms with van der Waals surface area (Å²) >= 11 is 0. The Morgan fingerprint density at radius 2 is 1.76 bits per heavy atom. The Labute approximate surface area is 222 Å². The Bertz CT molecular complexity index is 1380. The van der Waals surface area contributed by atoms with Crippen LogP contribution in [0, 0.1) is 5.82 Å². The molecule has 0 radical (unpaired) electrons. The van der Waals surface area contributed by atoms with E-state index in [0.29, 0.717) is 56.6 Å². The lowest BCUT2D eigenvalue weighted by atomic mass is 9.87. The maximum atomic E-state index is 15.5. The third-order valence-electron chi connectivity index (χ3n) is 8.00. The average molecular weight is 542 g/mol. The molecule has 2 aliphatic rings. The number of ether oxygens (including phenoxy) is 1. The van der Waals surface area contributed by atoms with E-state index in [9.17, 15) is 13.2 Å². The van der Waals surface area contributed by atoms with Crippen LogP contribution in [0.15, 0.2) is 61.2 Å². The lowest BCUT2D eigenvalue weighted by molar-refractivity contribution is -0.152. The summed E-state index contributed by atoms with van der Waals surface area (Å²) in [6, 6.07) is 13.5. The first-order chi connectivity index (χ1) is 18.3. The van der Waals surface area contributed by atoms with E-state index in [1.807, 2.05) is 41.3 Å². The van der Waals surface area contributed by atoms with E-state index in [2.05, 4.69) is 10.2 Å². The molecule has 2 unspecified atom stereocenters. The number of nitrogens with zero attached hydrogens (tertiary/aromatic N) is 5. The van der Waals surface area contributed by atoms with Crippen LogP contribution in [-0.2, 0) is 25.1 Å². The van der Waals surface area contributed by atoms with Crippen molar-refractivity contribution >= 4 is 21.7 Å². The molecule has 2 fully saturated rings. The van der Waals surface area contributed by atoms with E-state index in [1.54, 1.807) is 17.6 Å². The fourth-order valence-corrected chi connectivity index (χ4v) is 8.04. The first-order valence-corrected chi connectivity index (χ1v) is 14.3. The van der Waals surface area contributed by atoms with Crippen molar-refractivity contribution in [1.29, 1.82) is 0 Å². The first kappa shape index (κ1) is 26.3. The van der Waals surface area contributed by atoms with Crippen molar-refractivity contribution in [2.75, 3.05) is 31.6 Å². The third-order valence-corrected chi connectivity index (χ3v) is 10.4. The molecule has 3 heterocycles. The van der Waals surface area contributed by atoms with Gasteiger partial charge in [0, 0.05) is 36.9 Å². The van der Waals surface area contributed by atoms with Gasteiger partial charge in [-0.1, -0.05) is 36.4 Å². The molecule has 0 N–H and O–H groups in total. The van der Waals surface area contributed by atoms with Crippen LogP contribution in [0.25, 0.3) is 0 Å². The Morgan fingerprint density at radius 3 is 2.39 bits per heavy atom. The number of benzene rings is 2. The molecule has 1 aromatic heterocycles. The smallest absolute Gasteiger partial charge is 0.332 e. The number of piperidine rings is 1. The van der Waals surface area contributed by atoms with Gasteiger partial charge in [-0.2, -0.15) is 4.31 Å². The standard InChI is InChI=1S/C27H32FN5O4S/c1-20(33-14-6-9-25(38(33,35)36)21-7-4-3-5-8-21)23-11-10-22(17-24(23)28)31-15-12-27(13-16-31,26(34)37-2)32-18-29-30-19-32/h3-5,7-8,10-11,17-20,25H,6,9,12-16H2,1-2H3. The number of methoxy groups -OCH3 is 1. The molecule has 11 heteroatoms. The molecule has 5 rings (SSSR count). The number of aromatic nitrogens is 3. The number of halogens is 1. The van der Waals surface area contributed by atoms with Gasteiger partial charge >= 0.3 is 5.97 Å². The van der Waals surface area contributed by atoms with Crippen LogP contribution >= 0.6 is 0 Å². The molecule has 38 heavy (non-hydrogen) atoms. The van der Waals surface area contributed by atoms with Crippen LogP contribution in [0.2, 0.25) is 0 Å². The second kappa shape index (κ2) is 10.5. The minimum Gasteiger partial charge on any atom is -0.467 e. The van der Waals surface area contributed by atoms with Crippen molar-refractivity contribution < 1.29 is 22.3 Å². The number of hydrogen-bond donors (Lipinski definition) is 0. The van der Waals surface area contributed by atoms with Crippen LogP contribution in [0.3, 0.4) is 0 Å². The Hall–Kier alpha value is -3.31. The van der Waals surface area contributed by atoms with E-state index >= 15 is 4.39 Å². The van der Waals surface area contributed by atoms with Gasteiger partial charge < -0.3 is 14.2 Å². The van der Waals surface area contributed by atoms with Crippen molar-refractivity contribution in [1.82, 2.24) is 19.1 Å². The predicted octanol–water partition coefficient (Wildman–Crippen LogP) is 3.81. The summed E-state index contributed by atoms with van der Waals surface area (Å²) in [7, 11) is -2.30. The highest BCUT2D eigenvalue weighted by Gasteiger charge is 2.45. The lowest BCUT2D eigenvalue weighted by Crippen LogP contribution is -2.51. The van der Waals surface area contributed by atoms with Crippen LogP contribution in [0.1, 0.15) is 55.0 Å². The van der Waals surface area contributed by atoms with E-state index in [1.165, 1.54) is 30.1 Å². The average Bonchev–Trinajstić information content (AvgIpc) is 3.48. The third kappa shape index (κ3) is 4.58. The Balaban J connectivity index is 1.33. The van der Waals surface area contributed by atoms with E-state index in [4.69, 9.17) is 4.74 Å². The molecule has 0 saturated carbocycles.